The van der Waals surface area contributed by atoms with Crippen LogP contribution in [0.1, 0.15) is 26.0 Å². The second-order valence-electron chi connectivity index (χ2n) is 4.96. The van der Waals surface area contributed by atoms with E-state index >= 15 is 0 Å². The van der Waals surface area contributed by atoms with E-state index in [0.717, 1.165) is 6.07 Å². The van der Waals surface area contributed by atoms with Gasteiger partial charge in [0.15, 0.2) is 11.5 Å². The zero-order chi connectivity index (χ0) is 16.0. The molecule has 1 heterocycles. The normalized spacial score (nSPS) is 12.8. The summed E-state index contributed by atoms with van der Waals surface area (Å²) in [6.45, 7) is 4.87. The summed E-state index contributed by atoms with van der Waals surface area (Å²) in [5.74, 6) is 0.632. The summed E-state index contributed by atoms with van der Waals surface area (Å²) < 4.78 is 37.4. The van der Waals surface area contributed by atoms with Gasteiger partial charge in [-0.1, -0.05) is 19.0 Å². The van der Waals surface area contributed by atoms with E-state index in [1.807, 2.05) is 13.8 Å². The molecule has 0 saturated heterocycles. The first kappa shape index (κ1) is 17.0. The second-order valence-corrected chi connectivity index (χ2v) is 4.96. The molecular formula is C12H18F3N5O. The van der Waals surface area contributed by atoms with Crippen LogP contribution in [-0.4, -0.2) is 34.3 Å². The highest BCUT2D eigenvalue weighted by molar-refractivity contribution is 5.80. The maximum atomic E-state index is 12.5. The number of halogens is 3. The minimum Gasteiger partial charge on any atom is -0.409 e. The molecule has 118 valence electrons. The van der Waals surface area contributed by atoms with Gasteiger partial charge in [-0.15, -0.1) is 10.2 Å². The Morgan fingerprint density at radius 3 is 2.48 bits per heavy atom. The van der Waals surface area contributed by atoms with Crippen molar-refractivity contribution in [3.8, 4) is 0 Å². The predicted octanol–water partition coefficient (Wildman–Crippen LogP) is 2.09. The Labute approximate surface area is 120 Å². The van der Waals surface area contributed by atoms with Crippen molar-refractivity contribution in [1.29, 1.82) is 0 Å². The standard InChI is InChI=1S/C12H18F3N5O/c1-8(2)7-20(6-5-10(16)19-21)11-4-3-9(17-18-11)12(13,14)15/h3-4,8,21H,5-7H2,1-2H3,(H2,16,19). The van der Waals surface area contributed by atoms with E-state index in [1.54, 1.807) is 4.90 Å². The van der Waals surface area contributed by atoms with Crippen LogP contribution in [-0.2, 0) is 6.18 Å². The third-order valence-corrected chi connectivity index (χ3v) is 2.62. The molecule has 0 aliphatic carbocycles. The lowest BCUT2D eigenvalue weighted by Gasteiger charge is -2.25. The number of nitrogens with two attached hydrogens (primary N) is 1. The third kappa shape index (κ3) is 5.44. The fourth-order valence-electron chi connectivity index (χ4n) is 1.68. The zero-order valence-electron chi connectivity index (χ0n) is 11.8. The van der Waals surface area contributed by atoms with Crippen LogP contribution in [0.4, 0.5) is 19.0 Å². The zero-order valence-corrected chi connectivity index (χ0v) is 11.8. The molecule has 0 fully saturated rings. The molecule has 0 aliphatic heterocycles. The summed E-state index contributed by atoms with van der Waals surface area (Å²) in [5.41, 5.74) is 4.36. The van der Waals surface area contributed by atoms with E-state index in [-0.39, 0.29) is 18.2 Å². The average Bonchev–Trinajstić information content (AvgIpc) is 2.41. The largest absolute Gasteiger partial charge is 0.435 e. The molecular weight excluding hydrogens is 287 g/mol. The molecule has 21 heavy (non-hydrogen) atoms. The van der Waals surface area contributed by atoms with Gasteiger partial charge < -0.3 is 15.8 Å². The number of oxime groups is 1. The van der Waals surface area contributed by atoms with Gasteiger partial charge in [-0.3, -0.25) is 0 Å². The Kier molecular flexibility index (Phi) is 5.74. The van der Waals surface area contributed by atoms with Crippen molar-refractivity contribution in [2.24, 2.45) is 16.8 Å². The van der Waals surface area contributed by atoms with Crippen molar-refractivity contribution in [1.82, 2.24) is 10.2 Å². The Balaban J connectivity index is 2.87. The summed E-state index contributed by atoms with van der Waals surface area (Å²) in [6.07, 6.45) is -4.24. The minimum absolute atomic E-state index is 0.0450. The van der Waals surface area contributed by atoms with Crippen molar-refractivity contribution in [2.75, 3.05) is 18.0 Å². The number of hydrogen-bond donors (Lipinski definition) is 2. The number of alkyl halides is 3. The van der Waals surface area contributed by atoms with E-state index in [2.05, 4.69) is 15.4 Å². The Morgan fingerprint density at radius 1 is 1.38 bits per heavy atom. The summed E-state index contributed by atoms with van der Waals surface area (Å²) >= 11 is 0. The van der Waals surface area contributed by atoms with Gasteiger partial charge in [0.1, 0.15) is 5.84 Å². The lowest BCUT2D eigenvalue weighted by atomic mass is 10.2. The number of aromatic nitrogens is 2. The molecule has 0 aromatic carbocycles. The summed E-state index contributed by atoms with van der Waals surface area (Å²) in [7, 11) is 0. The number of nitrogens with zero attached hydrogens (tertiary/aromatic N) is 4. The van der Waals surface area contributed by atoms with Crippen LogP contribution in [0.15, 0.2) is 17.3 Å². The quantitative estimate of drug-likeness (QED) is 0.364. The molecule has 1 rings (SSSR count). The lowest BCUT2D eigenvalue weighted by Crippen LogP contribution is -2.32. The lowest BCUT2D eigenvalue weighted by molar-refractivity contribution is -0.141. The van der Waals surface area contributed by atoms with Crippen LogP contribution < -0.4 is 10.6 Å². The van der Waals surface area contributed by atoms with Crippen LogP contribution in [0.3, 0.4) is 0 Å². The van der Waals surface area contributed by atoms with E-state index in [1.165, 1.54) is 6.07 Å². The first-order valence-corrected chi connectivity index (χ1v) is 6.36. The van der Waals surface area contributed by atoms with Gasteiger partial charge in [0.2, 0.25) is 0 Å². The number of rotatable bonds is 6. The molecule has 0 saturated carbocycles. The number of anilines is 1. The fraction of sp³-hybridized carbons (Fsp3) is 0.583. The van der Waals surface area contributed by atoms with Crippen LogP contribution in [0, 0.1) is 5.92 Å². The Morgan fingerprint density at radius 2 is 2.05 bits per heavy atom. The van der Waals surface area contributed by atoms with Crippen molar-refractivity contribution < 1.29 is 18.4 Å². The Bertz CT molecular complexity index is 473. The van der Waals surface area contributed by atoms with Gasteiger partial charge in [-0.05, 0) is 18.1 Å². The average molecular weight is 305 g/mol. The van der Waals surface area contributed by atoms with Gasteiger partial charge in [-0.2, -0.15) is 13.2 Å². The number of hydrogen-bond acceptors (Lipinski definition) is 5. The monoisotopic (exact) mass is 305 g/mol. The first-order chi connectivity index (χ1) is 9.74. The van der Waals surface area contributed by atoms with Crippen LogP contribution >= 0.6 is 0 Å². The third-order valence-electron chi connectivity index (χ3n) is 2.62. The van der Waals surface area contributed by atoms with Gasteiger partial charge in [-0.25, -0.2) is 0 Å². The summed E-state index contributed by atoms with van der Waals surface area (Å²) in [5, 5.41) is 18.2. The number of amidine groups is 1. The maximum absolute atomic E-state index is 12.5. The van der Waals surface area contributed by atoms with Crippen LogP contribution in [0.25, 0.3) is 0 Å². The highest BCUT2D eigenvalue weighted by Crippen LogP contribution is 2.27. The van der Waals surface area contributed by atoms with Gasteiger partial charge >= 0.3 is 6.18 Å². The van der Waals surface area contributed by atoms with Crippen LogP contribution in [0.2, 0.25) is 0 Å². The maximum Gasteiger partial charge on any atom is 0.435 e. The minimum atomic E-state index is -4.51. The van der Waals surface area contributed by atoms with E-state index in [4.69, 9.17) is 10.9 Å². The molecule has 0 spiro atoms. The van der Waals surface area contributed by atoms with E-state index in [9.17, 15) is 13.2 Å². The molecule has 0 amide bonds. The Hall–Kier alpha value is -2.06. The molecule has 1 aromatic rings. The molecule has 0 radical (unpaired) electrons. The molecule has 0 atom stereocenters. The fourth-order valence-corrected chi connectivity index (χ4v) is 1.68. The molecule has 0 unspecified atom stereocenters. The predicted molar refractivity (Wildman–Crippen MR) is 72.1 cm³/mol. The van der Waals surface area contributed by atoms with Gasteiger partial charge in [0, 0.05) is 19.5 Å². The SMILES string of the molecule is CC(C)CN(CC/C(N)=N/O)c1ccc(C(F)(F)F)nn1. The van der Waals surface area contributed by atoms with Gasteiger partial charge in [0.25, 0.3) is 0 Å². The van der Waals surface area contributed by atoms with Crippen molar-refractivity contribution in [3.63, 3.8) is 0 Å². The molecule has 9 heteroatoms. The molecule has 3 N–H and O–H groups in total. The van der Waals surface area contributed by atoms with Crippen molar-refractivity contribution in [3.05, 3.63) is 17.8 Å². The van der Waals surface area contributed by atoms with Crippen molar-refractivity contribution >= 4 is 11.7 Å². The van der Waals surface area contributed by atoms with Crippen LogP contribution in [0.5, 0.6) is 0 Å². The topological polar surface area (TPSA) is 87.6 Å². The summed E-state index contributed by atoms with van der Waals surface area (Å²) in [6, 6.07) is 2.16. The van der Waals surface area contributed by atoms with E-state index < -0.39 is 11.9 Å². The second kappa shape index (κ2) is 7.09. The molecule has 6 nitrogen and oxygen atoms in total. The first-order valence-electron chi connectivity index (χ1n) is 6.36. The molecule has 0 aliphatic rings. The highest BCUT2D eigenvalue weighted by Gasteiger charge is 2.33. The van der Waals surface area contributed by atoms with E-state index in [0.29, 0.717) is 18.9 Å². The summed E-state index contributed by atoms with van der Waals surface area (Å²) in [4.78, 5) is 1.75. The van der Waals surface area contributed by atoms with Crippen molar-refractivity contribution in [2.45, 2.75) is 26.4 Å². The molecule has 0 bridgehead atoms. The smallest absolute Gasteiger partial charge is 0.409 e. The molecule has 1 aromatic heterocycles. The highest BCUT2D eigenvalue weighted by atomic mass is 19.4. The van der Waals surface area contributed by atoms with Gasteiger partial charge in [0.05, 0.1) is 0 Å².